The summed E-state index contributed by atoms with van der Waals surface area (Å²) in [6.45, 7) is 0. The molecule has 1 heterocycles. The van der Waals surface area contributed by atoms with Crippen LogP contribution in [0.1, 0.15) is 5.69 Å². The van der Waals surface area contributed by atoms with E-state index in [1.54, 1.807) is 29.8 Å². The van der Waals surface area contributed by atoms with Gasteiger partial charge in [0.15, 0.2) is 9.84 Å². The minimum atomic E-state index is -3.04. The molecule has 86 valence electrons. The van der Waals surface area contributed by atoms with E-state index in [4.69, 9.17) is 0 Å². The molecular weight excluding hydrogens is 226 g/mol. The zero-order chi connectivity index (χ0) is 11.9. The van der Waals surface area contributed by atoms with Crippen LogP contribution in [0.2, 0.25) is 0 Å². The van der Waals surface area contributed by atoms with Crippen molar-refractivity contribution in [1.29, 1.82) is 0 Å². The maximum Gasteiger partial charge on any atom is 0.153 e. The lowest BCUT2D eigenvalue weighted by Gasteiger charge is -2.02. The van der Waals surface area contributed by atoms with Crippen molar-refractivity contribution in [2.24, 2.45) is 7.05 Å². The first kappa shape index (κ1) is 11.0. The number of phenolic OH excluding ortho intramolecular Hbond substituents is 1. The molecule has 0 aliphatic carbocycles. The smallest absolute Gasteiger partial charge is 0.153 e. The Balaban J connectivity index is 2.61. The minimum absolute atomic E-state index is 0.0128. The fourth-order valence-corrected chi connectivity index (χ4v) is 2.60. The van der Waals surface area contributed by atoms with Gasteiger partial charge < -0.3 is 9.67 Å². The van der Waals surface area contributed by atoms with E-state index >= 15 is 0 Å². The number of aromatic hydroxyl groups is 1. The van der Waals surface area contributed by atoms with Crippen molar-refractivity contribution in [2.45, 2.75) is 5.75 Å². The Kier molecular flexibility index (Phi) is 2.42. The normalized spacial score (nSPS) is 12.1. The van der Waals surface area contributed by atoms with E-state index in [1.165, 1.54) is 6.26 Å². The Morgan fingerprint density at radius 3 is 2.62 bits per heavy atom. The van der Waals surface area contributed by atoms with Gasteiger partial charge in [-0.2, -0.15) is 0 Å². The average molecular weight is 239 g/mol. The number of phenols is 1. The van der Waals surface area contributed by atoms with Crippen molar-refractivity contribution in [1.82, 2.24) is 4.57 Å². The highest BCUT2D eigenvalue weighted by Gasteiger charge is 2.11. The molecule has 1 N–H and O–H groups in total. The van der Waals surface area contributed by atoms with E-state index in [0.717, 1.165) is 16.6 Å². The number of sulfone groups is 1. The van der Waals surface area contributed by atoms with Crippen molar-refractivity contribution in [3.8, 4) is 5.75 Å². The summed E-state index contributed by atoms with van der Waals surface area (Å²) in [5, 5.41) is 10.3. The van der Waals surface area contributed by atoms with Crippen LogP contribution in [0, 0.1) is 0 Å². The second-order valence-corrected chi connectivity index (χ2v) is 6.15. The number of nitrogens with zero attached hydrogens (tertiary/aromatic N) is 1. The Bertz CT molecular complexity index is 641. The minimum Gasteiger partial charge on any atom is -0.508 e. The fourth-order valence-electron chi connectivity index (χ4n) is 1.78. The maximum absolute atomic E-state index is 11.2. The molecule has 0 fully saturated rings. The van der Waals surface area contributed by atoms with Crippen molar-refractivity contribution >= 4 is 20.7 Å². The van der Waals surface area contributed by atoms with Gasteiger partial charge in [0.05, 0.1) is 11.3 Å². The molecule has 4 nitrogen and oxygen atoms in total. The number of fused-ring (bicyclic) bond motifs is 1. The van der Waals surface area contributed by atoms with Crippen LogP contribution in [0.4, 0.5) is 0 Å². The average Bonchev–Trinajstić information content (AvgIpc) is 2.42. The molecule has 0 saturated heterocycles. The van der Waals surface area contributed by atoms with Gasteiger partial charge in [-0.3, -0.25) is 0 Å². The van der Waals surface area contributed by atoms with E-state index in [0.29, 0.717) is 0 Å². The predicted octanol–water partition coefficient (Wildman–Crippen LogP) is 1.43. The third kappa shape index (κ3) is 2.04. The van der Waals surface area contributed by atoms with Gasteiger partial charge in [-0.15, -0.1) is 0 Å². The molecule has 0 unspecified atom stereocenters. The third-order valence-electron chi connectivity index (χ3n) is 2.54. The van der Waals surface area contributed by atoms with Gasteiger partial charge in [-0.25, -0.2) is 8.42 Å². The van der Waals surface area contributed by atoms with Gasteiger partial charge in [-0.1, -0.05) is 0 Å². The van der Waals surface area contributed by atoms with Gasteiger partial charge >= 0.3 is 0 Å². The SMILES string of the molecule is Cn1c(CS(C)(=O)=O)cc2ccc(O)cc21. The fraction of sp³-hybridized carbons (Fsp3) is 0.273. The van der Waals surface area contributed by atoms with Gasteiger partial charge in [0.1, 0.15) is 5.75 Å². The van der Waals surface area contributed by atoms with Crippen LogP contribution < -0.4 is 0 Å². The molecule has 1 aromatic carbocycles. The molecule has 2 rings (SSSR count). The first-order valence-corrected chi connectivity index (χ1v) is 6.88. The summed E-state index contributed by atoms with van der Waals surface area (Å²) in [5.41, 5.74) is 1.56. The first-order chi connectivity index (χ1) is 7.37. The largest absolute Gasteiger partial charge is 0.508 e. The Morgan fingerprint density at radius 2 is 2.00 bits per heavy atom. The summed E-state index contributed by atoms with van der Waals surface area (Å²) in [6, 6.07) is 6.82. The summed E-state index contributed by atoms with van der Waals surface area (Å²) in [7, 11) is -1.25. The highest BCUT2D eigenvalue weighted by molar-refractivity contribution is 7.89. The highest BCUT2D eigenvalue weighted by Crippen LogP contribution is 2.23. The quantitative estimate of drug-likeness (QED) is 0.862. The molecule has 5 heteroatoms. The van der Waals surface area contributed by atoms with Crippen LogP contribution >= 0.6 is 0 Å². The van der Waals surface area contributed by atoms with Gasteiger partial charge in [-0.05, 0) is 18.2 Å². The Hall–Kier alpha value is -1.49. The zero-order valence-corrected chi connectivity index (χ0v) is 9.95. The summed E-state index contributed by atoms with van der Waals surface area (Å²) >= 11 is 0. The summed E-state index contributed by atoms with van der Waals surface area (Å²) < 4.78 is 24.3. The van der Waals surface area contributed by atoms with Gasteiger partial charge in [0, 0.05) is 30.4 Å². The molecule has 0 spiro atoms. The number of hydrogen-bond donors (Lipinski definition) is 1. The molecule has 0 bridgehead atoms. The summed E-state index contributed by atoms with van der Waals surface area (Å²) in [4.78, 5) is 0. The van der Waals surface area contributed by atoms with Gasteiger partial charge in [0.25, 0.3) is 0 Å². The summed E-state index contributed by atoms with van der Waals surface area (Å²) in [6.07, 6.45) is 1.21. The maximum atomic E-state index is 11.2. The molecular formula is C11H13NO3S. The van der Waals surface area contributed by atoms with Gasteiger partial charge in [0.2, 0.25) is 0 Å². The lowest BCUT2D eigenvalue weighted by molar-refractivity contribution is 0.476. The molecule has 0 saturated carbocycles. The number of rotatable bonds is 2. The number of aromatic nitrogens is 1. The van der Waals surface area contributed by atoms with E-state index in [-0.39, 0.29) is 11.5 Å². The van der Waals surface area contributed by atoms with Crippen molar-refractivity contribution in [2.75, 3.05) is 6.26 Å². The van der Waals surface area contributed by atoms with Crippen molar-refractivity contribution in [3.63, 3.8) is 0 Å². The first-order valence-electron chi connectivity index (χ1n) is 4.82. The number of hydrogen-bond acceptors (Lipinski definition) is 3. The second kappa shape index (κ2) is 3.52. The molecule has 2 aromatic rings. The van der Waals surface area contributed by atoms with Crippen LogP contribution in [0.25, 0.3) is 10.9 Å². The highest BCUT2D eigenvalue weighted by atomic mass is 32.2. The van der Waals surface area contributed by atoms with Crippen molar-refractivity contribution in [3.05, 3.63) is 30.0 Å². The number of aryl methyl sites for hydroxylation is 1. The van der Waals surface area contributed by atoms with E-state index < -0.39 is 9.84 Å². The van der Waals surface area contributed by atoms with E-state index in [2.05, 4.69) is 0 Å². The third-order valence-corrected chi connectivity index (χ3v) is 3.36. The van der Waals surface area contributed by atoms with Crippen LogP contribution in [0.15, 0.2) is 24.3 Å². The van der Waals surface area contributed by atoms with Crippen LogP contribution in [-0.4, -0.2) is 24.3 Å². The molecule has 0 aliphatic rings. The topological polar surface area (TPSA) is 59.3 Å². The molecule has 0 amide bonds. The van der Waals surface area contributed by atoms with Crippen LogP contribution in [0.5, 0.6) is 5.75 Å². The standard InChI is InChI=1S/C11H13NO3S/c1-12-9(7-16(2,14)15)5-8-3-4-10(13)6-11(8)12/h3-6,13H,7H2,1-2H3. The molecule has 0 atom stereocenters. The molecule has 16 heavy (non-hydrogen) atoms. The Labute approximate surface area is 94.0 Å². The monoisotopic (exact) mass is 239 g/mol. The van der Waals surface area contributed by atoms with Crippen LogP contribution in [-0.2, 0) is 22.6 Å². The van der Waals surface area contributed by atoms with E-state index in [9.17, 15) is 13.5 Å². The van der Waals surface area contributed by atoms with Crippen molar-refractivity contribution < 1.29 is 13.5 Å². The molecule has 0 radical (unpaired) electrons. The lowest BCUT2D eigenvalue weighted by atomic mass is 10.2. The number of benzene rings is 1. The zero-order valence-electron chi connectivity index (χ0n) is 9.14. The molecule has 0 aliphatic heterocycles. The predicted molar refractivity (Wildman–Crippen MR) is 63.1 cm³/mol. The van der Waals surface area contributed by atoms with Crippen LogP contribution in [0.3, 0.4) is 0 Å². The van der Waals surface area contributed by atoms with E-state index in [1.807, 2.05) is 6.07 Å². The summed E-state index contributed by atoms with van der Waals surface area (Å²) in [5.74, 6) is 0.193. The molecule has 1 aromatic heterocycles. The second-order valence-electron chi connectivity index (χ2n) is 4.01. The lowest BCUT2D eigenvalue weighted by Crippen LogP contribution is -2.05. The Morgan fingerprint density at radius 1 is 1.31 bits per heavy atom.